The Labute approximate surface area is 94.3 Å². The minimum Gasteiger partial charge on any atom is -0.507 e. The molecule has 2 aromatic rings. The summed E-state index contributed by atoms with van der Waals surface area (Å²) in [4.78, 5) is 6.88. The third-order valence-electron chi connectivity index (χ3n) is 3.12. The Morgan fingerprint density at radius 2 is 1.88 bits per heavy atom. The number of pyridine rings is 1. The van der Waals surface area contributed by atoms with E-state index in [9.17, 15) is 5.11 Å². The van der Waals surface area contributed by atoms with Crippen molar-refractivity contribution in [1.29, 1.82) is 0 Å². The molecule has 1 saturated heterocycles. The van der Waals surface area contributed by atoms with Crippen LogP contribution in [0.5, 0.6) is 5.75 Å². The Balaban J connectivity index is 2.08. The zero-order valence-corrected chi connectivity index (χ0v) is 9.06. The van der Waals surface area contributed by atoms with E-state index in [1.165, 1.54) is 12.8 Å². The van der Waals surface area contributed by atoms with Gasteiger partial charge in [-0.1, -0.05) is 6.07 Å². The average Bonchev–Trinajstić information content (AvgIpc) is 2.82. The van der Waals surface area contributed by atoms with Gasteiger partial charge in [-0.15, -0.1) is 0 Å². The van der Waals surface area contributed by atoms with Gasteiger partial charge >= 0.3 is 0 Å². The van der Waals surface area contributed by atoms with Crippen molar-refractivity contribution in [2.24, 2.45) is 0 Å². The maximum Gasteiger partial charge on any atom is 0.129 e. The van der Waals surface area contributed by atoms with Gasteiger partial charge in [-0.25, -0.2) is 4.98 Å². The van der Waals surface area contributed by atoms with Crippen LogP contribution in [0.2, 0.25) is 0 Å². The minimum atomic E-state index is 0.304. The van der Waals surface area contributed by atoms with Gasteiger partial charge in [-0.05, 0) is 37.1 Å². The molecular weight excluding hydrogens is 200 g/mol. The van der Waals surface area contributed by atoms with Gasteiger partial charge in [-0.2, -0.15) is 0 Å². The van der Waals surface area contributed by atoms with Gasteiger partial charge < -0.3 is 10.0 Å². The van der Waals surface area contributed by atoms with Crippen molar-refractivity contribution in [2.45, 2.75) is 12.8 Å². The van der Waals surface area contributed by atoms with Crippen LogP contribution in [0.3, 0.4) is 0 Å². The molecular formula is C13H14N2O. The Morgan fingerprint density at radius 3 is 2.69 bits per heavy atom. The summed E-state index contributed by atoms with van der Waals surface area (Å²) in [7, 11) is 0. The molecule has 3 nitrogen and oxygen atoms in total. The fraction of sp³-hybridized carbons (Fsp3) is 0.308. The number of nitrogens with zero attached hydrogens (tertiary/aromatic N) is 2. The van der Waals surface area contributed by atoms with Gasteiger partial charge in [0.05, 0.1) is 5.52 Å². The van der Waals surface area contributed by atoms with Crippen molar-refractivity contribution in [1.82, 2.24) is 4.98 Å². The van der Waals surface area contributed by atoms with Crippen LogP contribution in [0.1, 0.15) is 12.8 Å². The molecule has 1 N–H and O–H groups in total. The number of fused-ring (bicyclic) bond motifs is 1. The van der Waals surface area contributed by atoms with E-state index >= 15 is 0 Å². The largest absolute Gasteiger partial charge is 0.507 e. The molecule has 1 fully saturated rings. The molecule has 1 aromatic carbocycles. The fourth-order valence-corrected chi connectivity index (χ4v) is 2.25. The fourth-order valence-electron chi connectivity index (χ4n) is 2.25. The highest BCUT2D eigenvalue weighted by Gasteiger charge is 2.13. The number of rotatable bonds is 1. The highest BCUT2D eigenvalue weighted by Crippen LogP contribution is 2.26. The summed E-state index contributed by atoms with van der Waals surface area (Å²) in [6, 6.07) is 9.41. The van der Waals surface area contributed by atoms with Crippen LogP contribution in [-0.2, 0) is 0 Å². The molecule has 0 atom stereocenters. The van der Waals surface area contributed by atoms with Crippen LogP contribution in [0.4, 0.5) is 5.82 Å². The van der Waals surface area contributed by atoms with E-state index < -0.39 is 0 Å². The second-order valence-electron chi connectivity index (χ2n) is 4.21. The summed E-state index contributed by atoms with van der Waals surface area (Å²) in [5.74, 6) is 1.33. The molecule has 82 valence electrons. The lowest BCUT2D eigenvalue weighted by atomic mass is 10.2. The van der Waals surface area contributed by atoms with E-state index in [2.05, 4.69) is 9.88 Å². The molecule has 0 spiro atoms. The third kappa shape index (κ3) is 1.48. The van der Waals surface area contributed by atoms with E-state index in [1.54, 1.807) is 6.07 Å². The van der Waals surface area contributed by atoms with E-state index in [1.807, 2.05) is 24.3 Å². The quantitative estimate of drug-likeness (QED) is 0.792. The monoisotopic (exact) mass is 214 g/mol. The Morgan fingerprint density at radius 1 is 1.06 bits per heavy atom. The summed E-state index contributed by atoms with van der Waals surface area (Å²) in [5, 5.41) is 10.5. The molecule has 1 aliphatic rings. The van der Waals surface area contributed by atoms with Gasteiger partial charge in [0.2, 0.25) is 0 Å². The number of phenolic OH excluding ortho intramolecular Hbond substituents is 1. The molecule has 3 heteroatoms. The van der Waals surface area contributed by atoms with Crippen LogP contribution < -0.4 is 4.90 Å². The number of aromatic hydroxyl groups is 1. The summed E-state index contributed by atoms with van der Waals surface area (Å²) in [5.41, 5.74) is 0.865. The van der Waals surface area contributed by atoms with Crippen molar-refractivity contribution in [2.75, 3.05) is 18.0 Å². The van der Waals surface area contributed by atoms with Crippen molar-refractivity contribution in [3.05, 3.63) is 30.3 Å². The molecule has 0 saturated carbocycles. The van der Waals surface area contributed by atoms with E-state index in [4.69, 9.17) is 0 Å². The van der Waals surface area contributed by atoms with Gasteiger partial charge in [0.15, 0.2) is 0 Å². The summed E-state index contributed by atoms with van der Waals surface area (Å²) < 4.78 is 0. The molecule has 1 aromatic heterocycles. The summed E-state index contributed by atoms with van der Waals surface area (Å²) in [6.45, 7) is 2.19. The zero-order valence-electron chi connectivity index (χ0n) is 9.06. The molecule has 16 heavy (non-hydrogen) atoms. The van der Waals surface area contributed by atoms with Crippen molar-refractivity contribution >= 4 is 16.7 Å². The van der Waals surface area contributed by atoms with Gasteiger partial charge in [-0.3, -0.25) is 0 Å². The third-order valence-corrected chi connectivity index (χ3v) is 3.12. The van der Waals surface area contributed by atoms with Crippen molar-refractivity contribution in [3.63, 3.8) is 0 Å². The normalized spacial score (nSPS) is 15.9. The Bertz CT molecular complexity index is 518. The molecule has 1 aliphatic heterocycles. The first kappa shape index (κ1) is 9.46. The minimum absolute atomic E-state index is 0.304. The molecule has 0 radical (unpaired) electrons. The predicted octanol–water partition coefficient (Wildman–Crippen LogP) is 2.54. The van der Waals surface area contributed by atoms with Crippen LogP contribution in [0, 0.1) is 0 Å². The lowest BCUT2D eigenvalue weighted by molar-refractivity contribution is 0.481. The van der Waals surface area contributed by atoms with E-state index in [0.29, 0.717) is 5.75 Å². The van der Waals surface area contributed by atoms with Crippen molar-refractivity contribution in [3.8, 4) is 5.75 Å². The molecule has 0 aliphatic carbocycles. The van der Waals surface area contributed by atoms with E-state index in [0.717, 1.165) is 29.8 Å². The van der Waals surface area contributed by atoms with Crippen molar-refractivity contribution < 1.29 is 5.11 Å². The highest BCUT2D eigenvalue weighted by atomic mass is 16.3. The average molecular weight is 214 g/mol. The molecule has 3 rings (SSSR count). The second-order valence-corrected chi connectivity index (χ2v) is 4.21. The number of benzene rings is 1. The van der Waals surface area contributed by atoms with Crippen LogP contribution in [0.25, 0.3) is 10.9 Å². The number of hydrogen-bond donors (Lipinski definition) is 1. The standard InChI is InChI=1S/C13H14N2O/c16-12-5-3-4-11-10(12)6-7-13(14-11)15-8-1-2-9-15/h3-7,16H,1-2,8-9H2. The molecule has 0 bridgehead atoms. The zero-order chi connectivity index (χ0) is 11.0. The van der Waals surface area contributed by atoms with Gasteiger partial charge in [0, 0.05) is 18.5 Å². The maximum absolute atomic E-state index is 9.67. The number of hydrogen-bond acceptors (Lipinski definition) is 3. The smallest absolute Gasteiger partial charge is 0.129 e. The Kier molecular flexibility index (Phi) is 2.17. The number of anilines is 1. The first-order chi connectivity index (χ1) is 7.84. The van der Waals surface area contributed by atoms with E-state index in [-0.39, 0.29) is 0 Å². The van der Waals surface area contributed by atoms with Gasteiger partial charge in [0.1, 0.15) is 11.6 Å². The van der Waals surface area contributed by atoms with Crippen LogP contribution >= 0.6 is 0 Å². The van der Waals surface area contributed by atoms with Crippen LogP contribution in [0.15, 0.2) is 30.3 Å². The first-order valence-electron chi connectivity index (χ1n) is 5.68. The van der Waals surface area contributed by atoms with Gasteiger partial charge in [0.25, 0.3) is 0 Å². The number of phenols is 1. The summed E-state index contributed by atoms with van der Waals surface area (Å²) in [6.07, 6.45) is 2.50. The highest BCUT2D eigenvalue weighted by molar-refractivity contribution is 5.86. The number of aromatic nitrogens is 1. The molecule has 2 heterocycles. The van der Waals surface area contributed by atoms with Crippen LogP contribution in [-0.4, -0.2) is 23.2 Å². The Hall–Kier alpha value is -1.77. The lowest BCUT2D eigenvalue weighted by Gasteiger charge is -2.16. The molecule has 0 amide bonds. The maximum atomic E-state index is 9.67. The second kappa shape index (κ2) is 3.67. The summed E-state index contributed by atoms with van der Waals surface area (Å²) >= 11 is 0. The topological polar surface area (TPSA) is 36.4 Å². The first-order valence-corrected chi connectivity index (χ1v) is 5.68. The SMILES string of the molecule is Oc1cccc2nc(N3CCCC3)ccc12. The predicted molar refractivity (Wildman–Crippen MR) is 64.9 cm³/mol. The molecule has 0 unspecified atom stereocenters. The lowest BCUT2D eigenvalue weighted by Crippen LogP contribution is -2.18.